The van der Waals surface area contributed by atoms with E-state index >= 15 is 0 Å². The van der Waals surface area contributed by atoms with Crippen LogP contribution < -0.4 is 14.8 Å². The maximum atomic E-state index is 14.3. The first-order valence-electron chi connectivity index (χ1n) is 16.9. The third-order valence-corrected chi connectivity index (χ3v) is 10.1. The third kappa shape index (κ3) is 9.18. The van der Waals surface area contributed by atoms with Crippen LogP contribution in [0.1, 0.15) is 64.0 Å². The predicted octanol–water partition coefficient (Wildman–Crippen LogP) is 7.54. The quantitative estimate of drug-likeness (QED) is 0.140. The highest BCUT2D eigenvalue weighted by molar-refractivity contribution is 6.35. The zero-order valence-corrected chi connectivity index (χ0v) is 30.0. The molecule has 0 aliphatic carbocycles. The second-order valence-electron chi connectivity index (χ2n) is 12.9. The molecule has 2 aliphatic rings. The van der Waals surface area contributed by atoms with Crippen LogP contribution >= 0.6 is 23.2 Å². The molecule has 2 bridgehead atoms. The summed E-state index contributed by atoms with van der Waals surface area (Å²) in [6.45, 7) is 3.04. The Bertz CT molecular complexity index is 1810. The lowest BCUT2D eigenvalue weighted by atomic mass is 9.88. The van der Waals surface area contributed by atoms with Crippen LogP contribution in [0.3, 0.4) is 0 Å². The van der Waals surface area contributed by atoms with Crippen molar-refractivity contribution in [2.45, 2.75) is 50.5 Å². The molecular formula is C39H40Cl2FN3O6. The van der Waals surface area contributed by atoms with Gasteiger partial charge >= 0.3 is 11.9 Å². The second kappa shape index (κ2) is 16.9. The summed E-state index contributed by atoms with van der Waals surface area (Å²) in [5, 5.41) is 3.95. The van der Waals surface area contributed by atoms with Gasteiger partial charge in [0, 0.05) is 38.4 Å². The molecule has 3 unspecified atom stereocenters. The van der Waals surface area contributed by atoms with Crippen LogP contribution in [0, 0.1) is 11.7 Å². The van der Waals surface area contributed by atoms with Gasteiger partial charge in [0.05, 0.1) is 29.8 Å². The summed E-state index contributed by atoms with van der Waals surface area (Å²) in [7, 11) is 3.07. The molecular weight excluding hydrogens is 696 g/mol. The minimum atomic E-state index is -0.879. The molecule has 12 heteroatoms. The maximum absolute atomic E-state index is 14.3. The molecule has 2 fully saturated rings. The number of fused-ring (bicyclic) bond motifs is 2. The van der Waals surface area contributed by atoms with Gasteiger partial charge in [0.25, 0.3) is 0 Å². The predicted molar refractivity (Wildman–Crippen MR) is 192 cm³/mol. The van der Waals surface area contributed by atoms with Crippen LogP contribution in [0.15, 0.2) is 79.1 Å². The minimum Gasteiger partial charge on any atom is -0.493 e. The average molecular weight is 737 g/mol. The van der Waals surface area contributed by atoms with Crippen LogP contribution in [0.25, 0.3) is 0 Å². The first kappa shape index (κ1) is 36.6. The second-order valence-corrected chi connectivity index (χ2v) is 13.7. The van der Waals surface area contributed by atoms with Gasteiger partial charge in [-0.2, -0.15) is 0 Å². The molecule has 0 radical (unpaired) electrons. The molecule has 3 heterocycles. The molecule has 4 aromatic rings. The molecule has 5 atom stereocenters. The van der Waals surface area contributed by atoms with Gasteiger partial charge in [-0.25, -0.2) is 14.0 Å². The smallest absolute Gasteiger partial charge is 0.338 e. The van der Waals surface area contributed by atoms with E-state index < -0.39 is 29.9 Å². The standard InChI is InChI=1S/C39H40Cl2FN3O6/c1-48-34-13-12-27(17-36(34)49-2)35(18-31-32(40)20-43-21-33(31)41)51-38(46)26-10-8-24(9-11-26)19-44-37(28-6-3-7-29(42)16-28)39(47)50-30-15-25-5-4-14-45(22-25)23-30/h3,6-13,16-17,20-21,25,30,35,37,44H,4-5,14-15,18-19,22-23H2,1-2H3/t25?,30-,35+,37?/m1/s1. The third-order valence-electron chi connectivity index (χ3n) is 9.43. The summed E-state index contributed by atoms with van der Waals surface area (Å²) in [6.07, 6.45) is 5.32. The molecule has 9 nitrogen and oxygen atoms in total. The summed E-state index contributed by atoms with van der Waals surface area (Å²) >= 11 is 12.9. The topological polar surface area (TPSA) is 99.2 Å². The number of rotatable bonds is 13. The molecule has 3 aromatic carbocycles. The first-order valence-corrected chi connectivity index (χ1v) is 17.7. The van der Waals surface area contributed by atoms with Gasteiger partial charge in [0.1, 0.15) is 24.1 Å². The van der Waals surface area contributed by atoms with E-state index in [4.69, 9.17) is 42.1 Å². The van der Waals surface area contributed by atoms with Crippen molar-refractivity contribution in [3.8, 4) is 11.5 Å². The normalized spacial score (nSPS) is 19.4. The first-order chi connectivity index (χ1) is 24.7. The molecule has 0 amide bonds. The van der Waals surface area contributed by atoms with Crippen LogP contribution in [0.5, 0.6) is 11.5 Å². The van der Waals surface area contributed by atoms with Crippen molar-refractivity contribution in [3.63, 3.8) is 0 Å². The summed E-state index contributed by atoms with van der Waals surface area (Å²) in [5.41, 5.74) is 2.82. The highest BCUT2D eigenvalue weighted by Gasteiger charge is 2.34. The highest BCUT2D eigenvalue weighted by Crippen LogP contribution is 2.36. The van der Waals surface area contributed by atoms with Crippen LogP contribution in [0.4, 0.5) is 4.39 Å². The summed E-state index contributed by atoms with van der Waals surface area (Å²) in [4.78, 5) is 33.5. The number of benzene rings is 3. The fraction of sp³-hybridized carbons (Fsp3) is 0.359. The van der Waals surface area contributed by atoms with Gasteiger partial charge in [-0.05, 0) is 90.4 Å². The zero-order chi connectivity index (χ0) is 35.9. The molecule has 2 aliphatic heterocycles. The lowest BCUT2D eigenvalue weighted by Crippen LogP contribution is -2.48. The molecule has 1 N–H and O–H groups in total. The van der Waals surface area contributed by atoms with Crippen molar-refractivity contribution in [2.75, 3.05) is 33.9 Å². The maximum Gasteiger partial charge on any atom is 0.338 e. The molecule has 6 rings (SSSR count). The monoisotopic (exact) mass is 735 g/mol. The van der Waals surface area contributed by atoms with Gasteiger partial charge in [0.15, 0.2) is 11.5 Å². The van der Waals surface area contributed by atoms with E-state index in [-0.39, 0.29) is 19.1 Å². The van der Waals surface area contributed by atoms with E-state index in [2.05, 4.69) is 15.2 Å². The Morgan fingerprint density at radius 3 is 2.43 bits per heavy atom. The number of carbonyl (C=O) groups excluding carboxylic acids is 2. The van der Waals surface area contributed by atoms with Crippen molar-refractivity contribution < 1.29 is 32.9 Å². The number of piperidine rings is 2. The Morgan fingerprint density at radius 2 is 1.73 bits per heavy atom. The van der Waals surface area contributed by atoms with Gasteiger partial charge in [-0.3, -0.25) is 15.2 Å². The number of ether oxygens (including phenoxy) is 4. The number of aromatic nitrogens is 1. The molecule has 0 spiro atoms. The fourth-order valence-electron chi connectivity index (χ4n) is 6.86. The largest absolute Gasteiger partial charge is 0.493 e. The summed E-state index contributed by atoms with van der Waals surface area (Å²) < 4.78 is 37.2. The number of pyridine rings is 1. The Labute approximate surface area is 307 Å². The molecule has 1 aromatic heterocycles. The van der Waals surface area contributed by atoms with Crippen LogP contribution in [-0.4, -0.2) is 61.8 Å². The SMILES string of the molecule is COc1ccc([C@H](Cc2c(Cl)cncc2Cl)OC(=O)c2ccc(CNC(C(=O)O[C@@H]3CC4CCCN(C4)C3)c3cccc(F)c3)cc2)cc1OC. The highest BCUT2D eigenvalue weighted by atomic mass is 35.5. The number of hydrogen-bond acceptors (Lipinski definition) is 9. The van der Waals surface area contributed by atoms with Crippen molar-refractivity contribution in [3.05, 3.63) is 123 Å². The van der Waals surface area contributed by atoms with Crippen molar-refractivity contribution in [2.24, 2.45) is 5.92 Å². The molecule has 0 saturated carbocycles. The molecule has 268 valence electrons. The summed E-state index contributed by atoms with van der Waals surface area (Å²) in [5.74, 6) is 0.0779. The number of methoxy groups -OCH3 is 2. The number of hydrogen-bond donors (Lipinski definition) is 1. The van der Waals surface area contributed by atoms with E-state index in [1.165, 1.54) is 45.2 Å². The van der Waals surface area contributed by atoms with E-state index in [0.717, 1.165) is 31.5 Å². The van der Waals surface area contributed by atoms with Gasteiger partial charge in [-0.15, -0.1) is 0 Å². The van der Waals surface area contributed by atoms with Gasteiger partial charge in [0.2, 0.25) is 0 Å². The van der Waals surface area contributed by atoms with E-state index in [1.807, 2.05) is 0 Å². The van der Waals surface area contributed by atoms with E-state index in [1.54, 1.807) is 54.6 Å². The summed E-state index contributed by atoms with van der Waals surface area (Å²) in [6, 6.07) is 17.2. The Morgan fingerprint density at radius 1 is 0.961 bits per heavy atom. The van der Waals surface area contributed by atoms with E-state index in [9.17, 15) is 14.0 Å². The van der Waals surface area contributed by atoms with E-state index in [0.29, 0.717) is 56.3 Å². The van der Waals surface area contributed by atoms with Crippen LogP contribution in [-0.2, 0) is 27.2 Å². The fourth-order valence-corrected chi connectivity index (χ4v) is 7.38. The number of carbonyl (C=O) groups is 2. The molecule has 51 heavy (non-hydrogen) atoms. The minimum absolute atomic E-state index is 0.181. The van der Waals surface area contributed by atoms with Gasteiger partial charge in [-0.1, -0.05) is 53.5 Å². The lowest BCUT2D eigenvalue weighted by Gasteiger charge is -2.41. The number of nitrogens with one attached hydrogen (secondary N) is 1. The number of halogens is 3. The molecule has 2 saturated heterocycles. The number of esters is 2. The lowest BCUT2D eigenvalue weighted by molar-refractivity contribution is -0.156. The zero-order valence-electron chi connectivity index (χ0n) is 28.4. The van der Waals surface area contributed by atoms with Crippen molar-refractivity contribution >= 4 is 35.1 Å². The van der Waals surface area contributed by atoms with Crippen molar-refractivity contribution in [1.82, 2.24) is 15.2 Å². The Hall–Kier alpha value is -4.22. The average Bonchev–Trinajstić information content (AvgIpc) is 3.12. The van der Waals surface area contributed by atoms with Gasteiger partial charge < -0.3 is 18.9 Å². The Balaban J connectivity index is 1.15. The van der Waals surface area contributed by atoms with Crippen molar-refractivity contribution in [1.29, 1.82) is 0 Å². The Kier molecular flexibility index (Phi) is 12.1. The van der Waals surface area contributed by atoms with Crippen LogP contribution in [0.2, 0.25) is 10.0 Å². The number of nitrogens with zero attached hydrogens (tertiary/aromatic N) is 2.